The molecule has 0 aromatic carbocycles. The van der Waals surface area contributed by atoms with Crippen molar-refractivity contribution in [1.82, 2.24) is 20.3 Å². The van der Waals surface area contributed by atoms with Gasteiger partial charge in [-0.15, -0.1) is 0 Å². The fraction of sp³-hybridized carbons (Fsp3) is 0.250. The number of nitrogens with one attached hydrogen (secondary N) is 1. The molecule has 10 heteroatoms. The lowest BCUT2D eigenvalue weighted by molar-refractivity contribution is 0.0943. The van der Waals surface area contributed by atoms with Crippen molar-refractivity contribution in [1.29, 1.82) is 5.26 Å². The summed E-state index contributed by atoms with van der Waals surface area (Å²) in [4.78, 5) is 27.2. The van der Waals surface area contributed by atoms with Crippen molar-refractivity contribution < 1.29 is 14.6 Å². The van der Waals surface area contributed by atoms with Gasteiger partial charge in [0, 0.05) is 41.8 Å². The molecule has 0 aliphatic carbocycles. The van der Waals surface area contributed by atoms with Crippen molar-refractivity contribution in [3.63, 3.8) is 0 Å². The molecule has 4 rings (SSSR count). The summed E-state index contributed by atoms with van der Waals surface area (Å²) in [5.41, 5.74) is 1.11. The van der Waals surface area contributed by atoms with Crippen LogP contribution in [0.2, 0.25) is 5.02 Å². The van der Waals surface area contributed by atoms with Crippen molar-refractivity contribution in [2.24, 2.45) is 0 Å². The first-order chi connectivity index (χ1) is 14.6. The third kappa shape index (κ3) is 3.96. The van der Waals surface area contributed by atoms with Gasteiger partial charge in [0.2, 0.25) is 0 Å². The van der Waals surface area contributed by atoms with Gasteiger partial charge in [-0.2, -0.15) is 5.26 Å². The third-order valence-corrected chi connectivity index (χ3v) is 5.09. The first kappa shape index (κ1) is 19.8. The Bertz CT molecular complexity index is 1160. The summed E-state index contributed by atoms with van der Waals surface area (Å²) >= 11 is 6.10. The first-order valence-corrected chi connectivity index (χ1v) is 9.59. The number of carbonyl (C=O) groups is 1. The summed E-state index contributed by atoms with van der Waals surface area (Å²) in [7, 11) is 0. The number of fused-ring (bicyclic) bond motifs is 1. The molecule has 0 bridgehead atoms. The van der Waals surface area contributed by atoms with Crippen LogP contribution in [0.5, 0.6) is 5.75 Å². The van der Waals surface area contributed by atoms with E-state index in [0.717, 1.165) is 18.9 Å². The molecule has 1 aliphatic heterocycles. The normalized spacial score (nSPS) is 13.8. The Balaban J connectivity index is 1.53. The van der Waals surface area contributed by atoms with Gasteiger partial charge in [0.05, 0.1) is 24.9 Å². The van der Waals surface area contributed by atoms with E-state index in [-0.39, 0.29) is 23.7 Å². The maximum atomic E-state index is 12.5. The Morgan fingerprint density at radius 1 is 1.30 bits per heavy atom. The lowest BCUT2D eigenvalue weighted by Crippen LogP contribution is -2.36. The number of nitrogens with zero attached hydrogens (tertiary/aromatic N) is 5. The summed E-state index contributed by atoms with van der Waals surface area (Å²) in [6, 6.07) is 6.84. The second-order valence-corrected chi connectivity index (χ2v) is 7.02. The lowest BCUT2D eigenvalue weighted by Gasteiger charge is -2.27. The van der Waals surface area contributed by atoms with Crippen LogP contribution < -0.4 is 10.2 Å². The van der Waals surface area contributed by atoms with Gasteiger partial charge < -0.3 is 20.1 Å². The summed E-state index contributed by atoms with van der Waals surface area (Å²) in [6.45, 7) is 2.84. The van der Waals surface area contributed by atoms with Crippen molar-refractivity contribution in [3.05, 3.63) is 52.6 Å². The monoisotopic (exact) mass is 424 g/mol. The number of amides is 1. The van der Waals surface area contributed by atoms with Crippen LogP contribution in [0.3, 0.4) is 0 Å². The number of nitriles is 1. The molecule has 0 atom stereocenters. The molecule has 9 nitrogen and oxygen atoms in total. The molecule has 1 aliphatic rings. The summed E-state index contributed by atoms with van der Waals surface area (Å²) < 4.78 is 5.35. The van der Waals surface area contributed by atoms with Crippen LogP contribution in [0, 0.1) is 11.3 Å². The molecular weight excluding hydrogens is 408 g/mol. The molecule has 3 aromatic rings. The number of ether oxygens (including phenoxy) is 1. The molecule has 0 radical (unpaired) electrons. The van der Waals surface area contributed by atoms with E-state index in [0.29, 0.717) is 34.7 Å². The predicted molar refractivity (Wildman–Crippen MR) is 109 cm³/mol. The number of hydrogen-bond donors (Lipinski definition) is 2. The summed E-state index contributed by atoms with van der Waals surface area (Å²) in [5.74, 6) is -0.0330. The smallest absolute Gasteiger partial charge is 0.274 e. The number of hydrogen-bond acceptors (Lipinski definition) is 8. The lowest BCUT2D eigenvalue weighted by atomic mass is 10.2. The average molecular weight is 425 g/mol. The molecule has 2 N–H and O–H groups in total. The topological polar surface area (TPSA) is 124 Å². The number of halogens is 1. The number of rotatable bonds is 4. The number of anilines is 1. The summed E-state index contributed by atoms with van der Waals surface area (Å²) in [5, 5.41) is 22.8. The second kappa shape index (κ2) is 8.49. The Kier molecular flexibility index (Phi) is 5.61. The highest BCUT2D eigenvalue weighted by Gasteiger charge is 2.18. The molecular formula is C20H17ClN6O3. The quantitative estimate of drug-likeness (QED) is 0.651. The molecule has 0 unspecified atom stereocenters. The fourth-order valence-electron chi connectivity index (χ4n) is 3.12. The Labute approximate surface area is 176 Å². The van der Waals surface area contributed by atoms with E-state index < -0.39 is 5.91 Å². The minimum Gasteiger partial charge on any atom is -0.505 e. The van der Waals surface area contributed by atoms with Crippen LogP contribution in [0.15, 0.2) is 30.6 Å². The largest absolute Gasteiger partial charge is 0.505 e. The van der Waals surface area contributed by atoms with Gasteiger partial charge >= 0.3 is 0 Å². The van der Waals surface area contributed by atoms with Crippen molar-refractivity contribution in [3.8, 4) is 11.8 Å². The average Bonchev–Trinajstić information content (AvgIpc) is 2.78. The van der Waals surface area contributed by atoms with Gasteiger partial charge in [-0.1, -0.05) is 11.6 Å². The van der Waals surface area contributed by atoms with Gasteiger partial charge in [-0.05, 0) is 18.2 Å². The highest BCUT2D eigenvalue weighted by molar-refractivity contribution is 6.31. The number of aromatic nitrogens is 3. The van der Waals surface area contributed by atoms with Crippen LogP contribution in [0.25, 0.3) is 10.9 Å². The highest BCUT2D eigenvalue weighted by Crippen LogP contribution is 2.28. The minimum atomic E-state index is -0.563. The first-order valence-electron chi connectivity index (χ1n) is 9.21. The number of morpholine rings is 1. The molecule has 0 saturated carbocycles. The predicted octanol–water partition coefficient (Wildman–Crippen LogP) is 2.02. The Morgan fingerprint density at radius 2 is 2.10 bits per heavy atom. The van der Waals surface area contributed by atoms with E-state index in [1.807, 2.05) is 6.07 Å². The van der Waals surface area contributed by atoms with E-state index in [1.54, 1.807) is 12.1 Å². The molecule has 0 spiro atoms. The van der Waals surface area contributed by atoms with Gasteiger partial charge in [0.1, 0.15) is 17.6 Å². The zero-order valence-corrected chi connectivity index (χ0v) is 16.6. The van der Waals surface area contributed by atoms with E-state index in [2.05, 4.69) is 25.2 Å². The molecule has 1 fully saturated rings. The fourth-order valence-corrected chi connectivity index (χ4v) is 3.34. The van der Waals surface area contributed by atoms with Gasteiger partial charge in [-0.25, -0.2) is 15.0 Å². The van der Waals surface area contributed by atoms with E-state index in [9.17, 15) is 9.90 Å². The Hall–Kier alpha value is -3.48. The number of aromatic hydroxyl groups is 1. The standard InChI is InChI=1S/C20H17ClN6O3/c21-15-7-13(8-22)23-9-12(15)10-25-20(29)18-19(28)14-1-2-17(26-16(14)11-24-18)27-3-5-30-6-4-27/h1-2,7,9,11,28H,3-6,10H2,(H,25,29). The SMILES string of the molecule is N#Cc1cc(Cl)c(CNC(=O)c2ncc3nc(N4CCOCC4)ccc3c2O)cn1. The van der Waals surface area contributed by atoms with Crippen LogP contribution in [0.1, 0.15) is 21.7 Å². The molecule has 30 heavy (non-hydrogen) atoms. The Morgan fingerprint density at radius 3 is 2.83 bits per heavy atom. The van der Waals surface area contributed by atoms with Gasteiger partial charge in [0.25, 0.3) is 5.91 Å². The zero-order valence-electron chi connectivity index (χ0n) is 15.8. The highest BCUT2D eigenvalue weighted by atomic mass is 35.5. The van der Waals surface area contributed by atoms with Crippen LogP contribution in [-0.4, -0.2) is 52.3 Å². The molecule has 3 aromatic heterocycles. The molecule has 1 saturated heterocycles. The van der Waals surface area contributed by atoms with Crippen LogP contribution in [0.4, 0.5) is 5.82 Å². The van der Waals surface area contributed by atoms with E-state index in [1.165, 1.54) is 18.5 Å². The molecule has 1 amide bonds. The van der Waals surface area contributed by atoms with Crippen molar-refractivity contribution in [2.75, 3.05) is 31.2 Å². The van der Waals surface area contributed by atoms with E-state index in [4.69, 9.17) is 21.6 Å². The third-order valence-electron chi connectivity index (χ3n) is 4.74. The van der Waals surface area contributed by atoms with Crippen LogP contribution in [-0.2, 0) is 11.3 Å². The minimum absolute atomic E-state index is 0.0732. The number of pyridine rings is 3. The maximum absolute atomic E-state index is 12.5. The molecule has 4 heterocycles. The van der Waals surface area contributed by atoms with Crippen molar-refractivity contribution >= 4 is 34.2 Å². The maximum Gasteiger partial charge on any atom is 0.274 e. The zero-order chi connectivity index (χ0) is 21.1. The second-order valence-electron chi connectivity index (χ2n) is 6.61. The molecule has 152 valence electrons. The van der Waals surface area contributed by atoms with Gasteiger partial charge in [0.15, 0.2) is 11.4 Å². The van der Waals surface area contributed by atoms with E-state index >= 15 is 0 Å². The van der Waals surface area contributed by atoms with Crippen molar-refractivity contribution in [2.45, 2.75) is 6.54 Å². The number of carbonyl (C=O) groups excluding carboxylic acids is 1. The summed E-state index contributed by atoms with van der Waals surface area (Å²) in [6.07, 6.45) is 2.89. The van der Waals surface area contributed by atoms with Crippen LogP contribution >= 0.6 is 11.6 Å². The van der Waals surface area contributed by atoms with Gasteiger partial charge in [-0.3, -0.25) is 4.79 Å².